The van der Waals surface area contributed by atoms with Crippen LogP contribution in [-0.2, 0) is 27.4 Å². The number of halogens is 1. The normalized spacial score (nSPS) is 19.9. The van der Waals surface area contributed by atoms with Crippen molar-refractivity contribution >= 4 is 32.7 Å². The number of nitrogens with one attached hydrogen (secondary N) is 1. The third kappa shape index (κ3) is 4.27. The number of rotatable bonds is 8. The van der Waals surface area contributed by atoms with Gasteiger partial charge >= 0.3 is 0 Å². The van der Waals surface area contributed by atoms with Crippen molar-refractivity contribution in [1.82, 2.24) is 14.8 Å². The Kier molecular flexibility index (Phi) is 6.35. The summed E-state index contributed by atoms with van der Waals surface area (Å²) < 4.78 is 14.3. The lowest BCUT2D eigenvalue weighted by molar-refractivity contribution is -0.146. The van der Waals surface area contributed by atoms with Gasteiger partial charge in [-0.05, 0) is 37.0 Å². The molecule has 152 valence electrons. The molecule has 4 rings (SSSR count). The van der Waals surface area contributed by atoms with Crippen LogP contribution in [0.15, 0.2) is 28.9 Å². The molecule has 1 aromatic heterocycles. The highest BCUT2D eigenvalue weighted by molar-refractivity contribution is 9.10. The molecule has 1 saturated heterocycles. The zero-order valence-corrected chi connectivity index (χ0v) is 17.9. The number of hydrogen-bond acceptors (Lipinski definition) is 4. The highest BCUT2D eigenvalue weighted by atomic mass is 79.9. The van der Waals surface area contributed by atoms with E-state index in [-0.39, 0.29) is 12.0 Å². The van der Waals surface area contributed by atoms with Crippen molar-refractivity contribution in [3.8, 4) is 0 Å². The van der Waals surface area contributed by atoms with E-state index >= 15 is 0 Å². The molecule has 0 radical (unpaired) electrons. The molecule has 1 aliphatic heterocycles. The number of methoxy groups -OCH3 is 1. The molecule has 1 N–H and O–H groups in total. The van der Waals surface area contributed by atoms with Crippen LogP contribution in [0.3, 0.4) is 0 Å². The minimum Gasteiger partial charge on any atom is -0.385 e. The van der Waals surface area contributed by atoms with Gasteiger partial charge in [0, 0.05) is 67.5 Å². The number of amides is 1. The lowest BCUT2D eigenvalue weighted by Gasteiger charge is -2.30. The molecule has 2 aliphatic rings. The average Bonchev–Trinajstić information content (AvgIpc) is 3.50. The smallest absolute Gasteiger partial charge is 0.253 e. The number of hydrogen-bond donors (Lipinski definition) is 1. The zero-order chi connectivity index (χ0) is 19.5. The summed E-state index contributed by atoms with van der Waals surface area (Å²) in [7, 11) is 1.73. The van der Waals surface area contributed by atoms with Crippen LogP contribution < -0.4 is 5.32 Å². The first kappa shape index (κ1) is 19.9. The molecule has 1 aromatic carbocycles. The summed E-state index contributed by atoms with van der Waals surface area (Å²) in [5.41, 5.74) is 2.38. The SMILES string of the molecule is COCCCn1cc(CN(C(=O)[C@H]2CNCCO2)C2CC2)c2c(Br)cccc21. The van der Waals surface area contributed by atoms with Gasteiger partial charge in [0.2, 0.25) is 0 Å². The van der Waals surface area contributed by atoms with Crippen molar-refractivity contribution in [3.05, 3.63) is 34.4 Å². The van der Waals surface area contributed by atoms with Crippen molar-refractivity contribution in [2.24, 2.45) is 0 Å². The standard InChI is InChI=1S/C21H28BrN3O3/c1-27-10-3-9-24-13-15(20-17(22)4-2-5-18(20)24)14-25(16-6-7-16)21(26)19-12-23-8-11-28-19/h2,4-5,13,16,19,23H,3,6-12,14H2,1H3/t19-/m1/s1. The van der Waals surface area contributed by atoms with Crippen molar-refractivity contribution in [1.29, 1.82) is 0 Å². The van der Waals surface area contributed by atoms with Crippen molar-refractivity contribution in [3.63, 3.8) is 0 Å². The first-order chi connectivity index (χ1) is 13.7. The Morgan fingerprint density at radius 1 is 1.43 bits per heavy atom. The number of carbonyl (C=O) groups is 1. The van der Waals surface area contributed by atoms with E-state index in [9.17, 15) is 4.79 Å². The largest absolute Gasteiger partial charge is 0.385 e. The summed E-state index contributed by atoms with van der Waals surface area (Å²) in [5.74, 6) is 0.113. The molecule has 0 bridgehead atoms. The third-order valence-corrected chi connectivity index (χ3v) is 6.16. The minimum atomic E-state index is -0.368. The van der Waals surface area contributed by atoms with Crippen molar-refractivity contribution < 1.29 is 14.3 Å². The molecule has 1 amide bonds. The van der Waals surface area contributed by atoms with Gasteiger partial charge in [0.05, 0.1) is 6.61 Å². The average molecular weight is 450 g/mol. The van der Waals surface area contributed by atoms with Gasteiger partial charge in [-0.2, -0.15) is 0 Å². The van der Waals surface area contributed by atoms with Gasteiger partial charge in [0.15, 0.2) is 0 Å². The van der Waals surface area contributed by atoms with Crippen LogP contribution in [-0.4, -0.2) is 60.9 Å². The monoisotopic (exact) mass is 449 g/mol. The zero-order valence-electron chi connectivity index (χ0n) is 16.3. The Morgan fingerprint density at radius 2 is 2.29 bits per heavy atom. The van der Waals surface area contributed by atoms with E-state index in [0.717, 1.165) is 43.4 Å². The van der Waals surface area contributed by atoms with Gasteiger partial charge < -0.3 is 24.3 Å². The summed E-state index contributed by atoms with van der Waals surface area (Å²) in [6.07, 6.45) is 4.96. The molecule has 1 aliphatic carbocycles. The van der Waals surface area contributed by atoms with E-state index in [1.807, 2.05) is 4.90 Å². The maximum atomic E-state index is 13.1. The molecule has 28 heavy (non-hydrogen) atoms. The van der Waals surface area contributed by atoms with Gasteiger partial charge in [-0.25, -0.2) is 0 Å². The number of aromatic nitrogens is 1. The van der Waals surface area contributed by atoms with Crippen LogP contribution in [0.1, 0.15) is 24.8 Å². The van der Waals surface area contributed by atoms with Gasteiger partial charge in [0.1, 0.15) is 6.10 Å². The Morgan fingerprint density at radius 3 is 3.00 bits per heavy atom. The third-order valence-electron chi connectivity index (χ3n) is 5.50. The Balaban J connectivity index is 1.60. The molecule has 0 unspecified atom stereocenters. The van der Waals surface area contributed by atoms with E-state index in [1.54, 1.807) is 7.11 Å². The molecule has 2 fully saturated rings. The fourth-order valence-electron chi connectivity index (χ4n) is 3.94. The molecule has 2 aromatic rings. The number of aryl methyl sites for hydroxylation is 1. The molecule has 6 nitrogen and oxygen atoms in total. The number of carbonyl (C=O) groups excluding carboxylic acids is 1. The summed E-state index contributed by atoms with van der Waals surface area (Å²) >= 11 is 3.72. The predicted molar refractivity (Wildman–Crippen MR) is 112 cm³/mol. The molecule has 1 atom stereocenters. The van der Waals surface area contributed by atoms with E-state index in [0.29, 0.717) is 25.7 Å². The number of ether oxygens (including phenoxy) is 2. The summed E-state index contributed by atoms with van der Waals surface area (Å²) in [6, 6.07) is 6.62. The summed E-state index contributed by atoms with van der Waals surface area (Å²) in [6.45, 7) is 4.27. The van der Waals surface area contributed by atoms with Crippen LogP contribution in [0, 0.1) is 0 Å². The van der Waals surface area contributed by atoms with Crippen LogP contribution in [0.5, 0.6) is 0 Å². The summed E-state index contributed by atoms with van der Waals surface area (Å²) in [4.78, 5) is 15.2. The van der Waals surface area contributed by atoms with Crippen molar-refractivity contribution in [2.75, 3.05) is 33.4 Å². The maximum Gasteiger partial charge on any atom is 0.253 e. The fourth-order valence-corrected chi connectivity index (χ4v) is 4.55. The number of morpholine rings is 1. The van der Waals surface area contributed by atoms with Gasteiger partial charge in [-0.1, -0.05) is 22.0 Å². The molecular formula is C21H28BrN3O3. The number of nitrogens with zero attached hydrogens (tertiary/aromatic N) is 2. The van der Waals surface area contributed by atoms with E-state index in [1.165, 1.54) is 16.5 Å². The number of benzene rings is 1. The molecule has 2 heterocycles. The Hall–Kier alpha value is -1.41. The molecular weight excluding hydrogens is 422 g/mol. The van der Waals surface area contributed by atoms with Crippen LogP contribution in [0.2, 0.25) is 0 Å². The second-order valence-corrected chi connectivity index (χ2v) is 8.44. The topological polar surface area (TPSA) is 55.7 Å². The van der Waals surface area contributed by atoms with Crippen LogP contribution in [0.4, 0.5) is 0 Å². The molecule has 7 heteroatoms. The Labute approximate surface area is 174 Å². The molecule has 1 saturated carbocycles. The van der Waals surface area contributed by atoms with E-state index < -0.39 is 0 Å². The quantitative estimate of drug-likeness (QED) is 0.629. The number of fused-ring (bicyclic) bond motifs is 1. The first-order valence-electron chi connectivity index (χ1n) is 10.1. The highest BCUT2D eigenvalue weighted by Crippen LogP contribution is 2.34. The van der Waals surface area contributed by atoms with Gasteiger partial charge in [-0.15, -0.1) is 0 Å². The fraction of sp³-hybridized carbons (Fsp3) is 0.571. The second kappa shape index (κ2) is 8.95. The second-order valence-electron chi connectivity index (χ2n) is 7.59. The van der Waals surface area contributed by atoms with Gasteiger partial charge in [0.25, 0.3) is 5.91 Å². The molecule has 0 spiro atoms. The maximum absolute atomic E-state index is 13.1. The van der Waals surface area contributed by atoms with E-state index in [4.69, 9.17) is 9.47 Å². The first-order valence-corrected chi connectivity index (χ1v) is 10.9. The van der Waals surface area contributed by atoms with Gasteiger partial charge in [-0.3, -0.25) is 4.79 Å². The van der Waals surface area contributed by atoms with E-state index in [2.05, 4.69) is 50.2 Å². The van der Waals surface area contributed by atoms with Crippen molar-refractivity contribution in [2.45, 2.75) is 44.5 Å². The lowest BCUT2D eigenvalue weighted by atomic mass is 10.1. The highest BCUT2D eigenvalue weighted by Gasteiger charge is 2.37. The lowest BCUT2D eigenvalue weighted by Crippen LogP contribution is -2.49. The van der Waals surface area contributed by atoms with Crippen LogP contribution >= 0.6 is 15.9 Å². The predicted octanol–water partition coefficient (Wildman–Crippen LogP) is 2.92. The summed E-state index contributed by atoms with van der Waals surface area (Å²) in [5, 5.41) is 4.46. The minimum absolute atomic E-state index is 0.113. The van der Waals surface area contributed by atoms with Crippen LogP contribution in [0.25, 0.3) is 10.9 Å². The Bertz CT molecular complexity index is 828.